The molecule has 108 valence electrons. The molecule has 1 atom stereocenters. The monoisotopic (exact) mass is 312 g/mol. The maximum atomic E-state index is 6.12. The summed E-state index contributed by atoms with van der Waals surface area (Å²) in [6, 6.07) is 2.08. The molecule has 1 unspecified atom stereocenters. The average molecular weight is 313 g/mol. The fraction of sp³-hybridized carbons (Fsp3) is 0.538. The lowest BCUT2D eigenvalue weighted by Crippen LogP contribution is -2.36. The molecule has 2 aromatic rings. The molecular weight excluding hydrogens is 296 g/mol. The summed E-state index contributed by atoms with van der Waals surface area (Å²) in [6.45, 7) is 5.17. The third-order valence-corrected chi connectivity index (χ3v) is 4.88. The number of hydrogen-bond acceptors (Lipinski definition) is 6. The van der Waals surface area contributed by atoms with Gasteiger partial charge in [0.2, 0.25) is 5.28 Å². The van der Waals surface area contributed by atoms with E-state index in [0.29, 0.717) is 0 Å². The summed E-state index contributed by atoms with van der Waals surface area (Å²) in [5.41, 5.74) is 7.00. The molecule has 1 aliphatic heterocycles. The smallest absolute Gasteiger partial charge is 0.224 e. The number of halogens is 1. The minimum atomic E-state index is 0.0468. The van der Waals surface area contributed by atoms with E-state index in [1.165, 1.54) is 0 Å². The number of morpholine rings is 1. The third-order valence-electron chi connectivity index (χ3n) is 3.46. The molecule has 5 nitrogen and oxygen atoms in total. The SMILES string of the molecule is CCC(N)c1cc2nc(Cl)nc(N3CCOCC3)c2s1. The van der Waals surface area contributed by atoms with E-state index in [9.17, 15) is 0 Å². The molecule has 3 heterocycles. The van der Waals surface area contributed by atoms with Crippen LogP contribution in [0.1, 0.15) is 24.3 Å². The minimum Gasteiger partial charge on any atom is -0.378 e. The molecule has 2 aromatic heterocycles. The molecule has 1 saturated heterocycles. The van der Waals surface area contributed by atoms with E-state index in [1.807, 2.05) is 6.07 Å². The molecule has 0 aliphatic carbocycles. The third kappa shape index (κ3) is 2.61. The molecule has 7 heteroatoms. The first kappa shape index (κ1) is 14.0. The summed E-state index contributed by atoms with van der Waals surface area (Å²) in [4.78, 5) is 12.1. The summed E-state index contributed by atoms with van der Waals surface area (Å²) in [7, 11) is 0. The Balaban J connectivity index is 2.07. The zero-order chi connectivity index (χ0) is 14.1. The van der Waals surface area contributed by atoms with Crippen molar-refractivity contribution in [1.29, 1.82) is 0 Å². The number of nitrogens with two attached hydrogens (primary N) is 1. The van der Waals surface area contributed by atoms with Crippen molar-refractivity contribution in [3.05, 3.63) is 16.2 Å². The van der Waals surface area contributed by atoms with Crippen molar-refractivity contribution in [2.24, 2.45) is 5.73 Å². The molecule has 0 bridgehead atoms. The van der Waals surface area contributed by atoms with E-state index in [-0.39, 0.29) is 11.3 Å². The van der Waals surface area contributed by atoms with Gasteiger partial charge < -0.3 is 15.4 Å². The summed E-state index contributed by atoms with van der Waals surface area (Å²) in [6.07, 6.45) is 0.904. The number of ether oxygens (including phenoxy) is 1. The van der Waals surface area contributed by atoms with Gasteiger partial charge in [-0.05, 0) is 24.1 Å². The van der Waals surface area contributed by atoms with Gasteiger partial charge in [0.1, 0.15) is 0 Å². The minimum absolute atomic E-state index is 0.0468. The molecule has 0 radical (unpaired) electrons. The largest absolute Gasteiger partial charge is 0.378 e. The highest BCUT2D eigenvalue weighted by atomic mass is 35.5. The van der Waals surface area contributed by atoms with E-state index in [2.05, 4.69) is 21.8 Å². The number of fused-ring (bicyclic) bond motifs is 1. The Morgan fingerprint density at radius 3 is 2.90 bits per heavy atom. The molecule has 0 amide bonds. The highest BCUT2D eigenvalue weighted by molar-refractivity contribution is 7.19. The molecule has 0 spiro atoms. The second kappa shape index (κ2) is 5.81. The van der Waals surface area contributed by atoms with Gasteiger partial charge >= 0.3 is 0 Å². The number of aromatic nitrogens is 2. The molecule has 20 heavy (non-hydrogen) atoms. The predicted molar refractivity (Wildman–Crippen MR) is 82.7 cm³/mol. The standard InChI is InChI=1S/C13H17ClN4OS/c1-2-8(15)10-7-9-11(20-10)12(17-13(14)16-9)18-3-5-19-6-4-18/h7-8H,2-6,15H2,1H3. The van der Waals surface area contributed by atoms with Gasteiger partial charge in [-0.25, -0.2) is 4.98 Å². The molecular formula is C13H17ClN4OS. The zero-order valence-electron chi connectivity index (χ0n) is 11.3. The highest BCUT2D eigenvalue weighted by Crippen LogP contribution is 2.35. The van der Waals surface area contributed by atoms with Crippen molar-refractivity contribution in [2.75, 3.05) is 31.2 Å². The van der Waals surface area contributed by atoms with Crippen LogP contribution in [-0.4, -0.2) is 36.3 Å². The average Bonchev–Trinajstić information content (AvgIpc) is 2.90. The maximum absolute atomic E-state index is 6.12. The second-order valence-corrected chi connectivity index (χ2v) is 6.22. The zero-order valence-corrected chi connectivity index (χ0v) is 12.9. The van der Waals surface area contributed by atoms with Gasteiger partial charge in [-0.15, -0.1) is 11.3 Å². The van der Waals surface area contributed by atoms with Crippen LogP contribution < -0.4 is 10.6 Å². The van der Waals surface area contributed by atoms with Crippen LogP contribution in [-0.2, 0) is 4.74 Å². The fourth-order valence-electron chi connectivity index (χ4n) is 2.28. The van der Waals surface area contributed by atoms with Gasteiger partial charge in [0, 0.05) is 24.0 Å². The van der Waals surface area contributed by atoms with Gasteiger partial charge in [-0.1, -0.05) is 6.92 Å². The Morgan fingerprint density at radius 1 is 1.45 bits per heavy atom. The Hall–Kier alpha value is -0.950. The summed E-state index contributed by atoms with van der Waals surface area (Å²) in [5.74, 6) is 0.905. The van der Waals surface area contributed by atoms with Crippen LogP contribution in [0.2, 0.25) is 5.28 Å². The molecule has 0 aromatic carbocycles. The van der Waals surface area contributed by atoms with Crippen molar-refractivity contribution >= 4 is 39.0 Å². The number of nitrogens with zero attached hydrogens (tertiary/aromatic N) is 3. The van der Waals surface area contributed by atoms with E-state index in [1.54, 1.807) is 11.3 Å². The van der Waals surface area contributed by atoms with E-state index in [0.717, 1.165) is 53.6 Å². The van der Waals surface area contributed by atoms with Crippen LogP contribution in [0.4, 0.5) is 5.82 Å². The first-order valence-corrected chi connectivity index (χ1v) is 7.93. The number of hydrogen-bond donors (Lipinski definition) is 1. The Labute approximate surface area is 126 Å². The second-order valence-electron chi connectivity index (χ2n) is 4.79. The summed E-state index contributed by atoms with van der Waals surface area (Å²) < 4.78 is 6.45. The lowest BCUT2D eigenvalue weighted by Gasteiger charge is -2.28. The number of thiophene rings is 1. The predicted octanol–water partition coefficient (Wildman–Crippen LogP) is 2.59. The molecule has 1 fully saturated rings. The van der Waals surface area contributed by atoms with E-state index >= 15 is 0 Å². The summed E-state index contributed by atoms with van der Waals surface area (Å²) >= 11 is 7.73. The topological polar surface area (TPSA) is 64.3 Å². The molecule has 3 rings (SSSR count). The Bertz CT molecular complexity index is 612. The van der Waals surface area contributed by atoms with E-state index < -0.39 is 0 Å². The van der Waals surface area contributed by atoms with Gasteiger partial charge in [-0.2, -0.15) is 4.98 Å². The van der Waals surface area contributed by atoms with Crippen LogP contribution in [0.5, 0.6) is 0 Å². The number of anilines is 1. The Kier molecular flexibility index (Phi) is 4.07. The maximum Gasteiger partial charge on any atom is 0.224 e. The van der Waals surface area contributed by atoms with Crippen molar-refractivity contribution < 1.29 is 4.74 Å². The first-order valence-electron chi connectivity index (χ1n) is 6.74. The van der Waals surface area contributed by atoms with Crippen LogP contribution in [0, 0.1) is 0 Å². The van der Waals surface area contributed by atoms with Gasteiger partial charge in [0.05, 0.1) is 23.4 Å². The Morgan fingerprint density at radius 2 is 2.20 bits per heavy atom. The van der Waals surface area contributed by atoms with Crippen LogP contribution in [0.25, 0.3) is 10.2 Å². The lowest BCUT2D eigenvalue weighted by molar-refractivity contribution is 0.122. The first-order chi connectivity index (χ1) is 9.69. The van der Waals surface area contributed by atoms with Gasteiger partial charge in [-0.3, -0.25) is 0 Å². The van der Waals surface area contributed by atoms with Crippen LogP contribution in [0.15, 0.2) is 6.07 Å². The van der Waals surface area contributed by atoms with Crippen molar-refractivity contribution in [3.8, 4) is 0 Å². The quantitative estimate of drug-likeness (QED) is 0.883. The molecule has 0 saturated carbocycles. The number of rotatable bonds is 3. The van der Waals surface area contributed by atoms with Gasteiger partial charge in [0.15, 0.2) is 5.82 Å². The van der Waals surface area contributed by atoms with Crippen molar-refractivity contribution in [2.45, 2.75) is 19.4 Å². The van der Waals surface area contributed by atoms with E-state index in [4.69, 9.17) is 22.1 Å². The van der Waals surface area contributed by atoms with Gasteiger partial charge in [0.25, 0.3) is 0 Å². The van der Waals surface area contributed by atoms with Crippen LogP contribution in [0.3, 0.4) is 0 Å². The highest BCUT2D eigenvalue weighted by Gasteiger charge is 2.20. The van der Waals surface area contributed by atoms with Crippen molar-refractivity contribution in [3.63, 3.8) is 0 Å². The van der Waals surface area contributed by atoms with Crippen LogP contribution >= 0.6 is 22.9 Å². The summed E-state index contributed by atoms with van der Waals surface area (Å²) in [5, 5.41) is 0.286. The van der Waals surface area contributed by atoms with Crippen molar-refractivity contribution in [1.82, 2.24) is 9.97 Å². The normalized spacial score (nSPS) is 17.6. The lowest BCUT2D eigenvalue weighted by atomic mass is 10.2. The molecule has 1 aliphatic rings. The fourth-order valence-corrected chi connectivity index (χ4v) is 3.65. The molecule has 2 N–H and O–H groups in total.